The summed E-state index contributed by atoms with van der Waals surface area (Å²) >= 11 is 5.24. The van der Waals surface area contributed by atoms with Gasteiger partial charge >= 0.3 is 103 Å². The molecule has 0 amide bonds. The van der Waals surface area contributed by atoms with Crippen molar-refractivity contribution in [3.8, 4) is 33.8 Å². The summed E-state index contributed by atoms with van der Waals surface area (Å²) in [4.78, 5) is 34.6. The Bertz CT molecular complexity index is 2370. The minimum absolute atomic E-state index is 0. The zero-order chi connectivity index (χ0) is 39.5. The molecule has 6 heterocycles. The third kappa shape index (κ3) is 17.4. The maximum atomic E-state index is 10.0. The summed E-state index contributed by atoms with van der Waals surface area (Å²) in [6, 6.07) is 45.1. The van der Waals surface area contributed by atoms with Crippen LogP contribution in [0.3, 0.4) is 0 Å². The van der Waals surface area contributed by atoms with Crippen molar-refractivity contribution >= 4 is 76.5 Å². The topological polar surface area (TPSA) is 125 Å². The van der Waals surface area contributed by atoms with Gasteiger partial charge in [-0.3, -0.25) is 14.6 Å². The summed E-state index contributed by atoms with van der Waals surface area (Å²) in [5.41, 5.74) is 6.42. The van der Waals surface area contributed by atoms with Crippen molar-refractivity contribution in [2.45, 2.75) is 13.8 Å². The monoisotopic (exact) mass is 1260 g/mol. The van der Waals surface area contributed by atoms with Gasteiger partial charge in [0.25, 0.3) is 6.47 Å². The van der Waals surface area contributed by atoms with Crippen LogP contribution in [-0.2, 0) is 54.7 Å². The van der Waals surface area contributed by atoms with E-state index in [1.165, 1.54) is 55.7 Å². The first-order valence-corrected chi connectivity index (χ1v) is 19.6. The largest absolute Gasteiger partial charge is 1.00 e. The summed E-state index contributed by atoms with van der Waals surface area (Å²) < 4.78 is 3.85. The number of hydrogen-bond acceptors (Lipinski definition) is 11. The van der Waals surface area contributed by atoms with Crippen molar-refractivity contribution < 1.29 is 169 Å². The van der Waals surface area contributed by atoms with E-state index in [4.69, 9.17) is 15.2 Å². The maximum Gasteiger partial charge on any atom is 1.00 e. The number of nitrogens with zero attached hydrogens (tertiary/aromatic N) is 3. The van der Waals surface area contributed by atoms with Crippen LogP contribution in [-0.4, -0.2) is 32.3 Å². The number of ketones is 1. The van der Waals surface area contributed by atoms with E-state index in [0.29, 0.717) is 0 Å². The van der Waals surface area contributed by atoms with E-state index in [1.54, 1.807) is 34.0 Å². The van der Waals surface area contributed by atoms with E-state index in [-0.39, 0.29) is 162 Å². The molecular weight excluding hydrogens is 1220 g/mol. The van der Waals surface area contributed by atoms with Gasteiger partial charge in [-0.25, -0.2) is 0 Å². The first kappa shape index (κ1) is 56.2. The van der Waals surface area contributed by atoms with Crippen LogP contribution in [0.5, 0.6) is 0 Å². The second kappa shape index (κ2) is 31.1. The van der Waals surface area contributed by atoms with Crippen LogP contribution in [0, 0.1) is 12.1 Å². The van der Waals surface area contributed by atoms with Crippen LogP contribution >= 0.6 is 34.0 Å². The molecule has 0 bridgehead atoms. The molecule has 1 N–H and O–H groups in total. The van der Waals surface area contributed by atoms with E-state index in [1.807, 2.05) is 97.5 Å². The van der Waals surface area contributed by atoms with Crippen molar-refractivity contribution in [1.29, 1.82) is 0 Å². The van der Waals surface area contributed by atoms with E-state index < -0.39 is 0 Å². The van der Waals surface area contributed by atoms with Gasteiger partial charge in [0.2, 0.25) is 0 Å². The number of thiophene rings is 3. The minimum atomic E-state index is -0.181. The van der Waals surface area contributed by atoms with E-state index >= 15 is 0 Å². The molecule has 9 aromatic rings. The number of benzene rings is 3. The molecule has 0 aliphatic heterocycles. The predicted octanol–water partition coefficient (Wildman–Crippen LogP) is 5.08. The third-order valence-corrected chi connectivity index (χ3v) is 10.2. The Hall–Kier alpha value is -1.80. The Kier molecular flexibility index (Phi) is 29.2. The number of fused-ring (bicyclic) bond motifs is 3. The van der Waals surface area contributed by atoms with Crippen LogP contribution in [0.25, 0.3) is 64.0 Å². The van der Waals surface area contributed by atoms with Gasteiger partial charge in [-0.15, -0.1) is 106 Å². The molecule has 0 aliphatic carbocycles. The fraction of sp³-hybridized carbons (Fsp3) is 0.0444. The molecule has 60 heavy (non-hydrogen) atoms. The summed E-state index contributed by atoms with van der Waals surface area (Å²) in [6.07, 6.45) is 6.76. The summed E-state index contributed by atoms with van der Waals surface area (Å²) in [6.45, 7) is 2.67. The number of carbonyl (C=O) groups excluding carboxylic acids is 2. The molecule has 15 heteroatoms. The molecule has 9 rings (SSSR count). The van der Waals surface area contributed by atoms with E-state index in [0.717, 1.165) is 28.2 Å². The zero-order valence-corrected chi connectivity index (χ0v) is 46.4. The van der Waals surface area contributed by atoms with E-state index in [2.05, 4.69) is 84.5 Å². The SMILES string of the molecule is CC(=O)C=C(C)O.O=CO[O-].[H-].[Ir].[Ir].[K+].[K+].[c-]1ccccc1-c1nccc2sccc12.[c-]1ccccc1-c1nccc2sccc12.c1ccc(-c2nccc3sccc23)cc1. The van der Waals surface area contributed by atoms with Crippen molar-refractivity contribution in [2.24, 2.45) is 0 Å². The predicted molar refractivity (Wildman–Crippen MR) is 228 cm³/mol. The smallest absolute Gasteiger partial charge is 1.00 e. The molecule has 300 valence electrons. The number of carbonyl (C=O) groups is 2. The normalized spacial score (nSPS) is 9.68. The Labute approximate surface area is 474 Å². The van der Waals surface area contributed by atoms with Crippen LogP contribution in [0.15, 0.2) is 162 Å². The van der Waals surface area contributed by atoms with Crippen LogP contribution in [0.4, 0.5) is 0 Å². The Balaban J connectivity index is 0.000000763. The molecule has 0 spiro atoms. The first-order chi connectivity index (χ1) is 27.4. The number of hydrogen-bond donors (Lipinski definition) is 1. The second-order valence-corrected chi connectivity index (χ2v) is 14.3. The van der Waals surface area contributed by atoms with Crippen molar-refractivity contribution in [3.05, 3.63) is 174 Å². The fourth-order valence-corrected chi connectivity index (χ4v) is 7.66. The molecule has 0 aliphatic rings. The third-order valence-electron chi connectivity index (χ3n) is 7.57. The maximum absolute atomic E-state index is 10.0. The number of aliphatic hydroxyl groups excluding tert-OH is 1. The van der Waals surface area contributed by atoms with Crippen molar-refractivity contribution in [3.63, 3.8) is 0 Å². The number of pyridine rings is 3. The number of rotatable bonds is 5. The fourth-order valence-electron chi connectivity index (χ4n) is 5.31. The van der Waals surface area contributed by atoms with Gasteiger partial charge in [0.05, 0.1) is 11.5 Å². The molecule has 0 saturated heterocycles. The summed E-state index contributed by atoms with van der Waals surface area (Å²) in [5.74, 6) is -0.0625. The van der Waals surface area contributed by atoms with Crippen LogP contribution < -0.4 is 108 Å². The van der Waals surface area contributed by atoms with Gasteiger partial charge in [-0.2, -0.15) is 0 Å². The van der Waals surface area contributed by atoms with Gasteiger partial charge in [-0.1, -0.05) is 42.5 Å². The molecule has 8 nitrogen and oxygen atoms in total. The number of aliphatic hydroxyl groups is 1. The average Bonchev–Trinajstić information content (AvgIpc) is 4.04. The average molecular weight is 1260 g/mol. The minimum Gasteiger partial charge on any atom is -1.00 e. The molecule has 0 saturated carbocycles. The molecule has 0 atom stereocenters. The zero-order valence-electron chi connectivity index (χ0n) is 33.9. The van der Waals surface area contributed by atoms with Gasteiger partial charge in [0.15, 0.2) is 5.78 Å². The molecule has 0 fully saturated rings. The molecule has 0 unspecified atom stereocenters. The molecule has 2 radical (unpaired) electrons. The Morgan fingerprint density at radius 2 is 1.02 bits per heavy atom. The van der Waals surface area contributed by atoms with Crippen molar-refractivity contribution in [1.82, 2.24) is 15.0 Å². The van der Waals surface area contributed by atoms with Crippen molar-refractivity contribution in [2.75, 3.05) is 0 Å². The van der Waals surface area contributed by atoms with Gasteiger partial charge in [0, 0.05) is 89.9 Å². The van der Waals surface area contributed by atoms with E-state index in [9.17, 15) is 4.79 Å². The van der Waals surface area contributed by atoms with Crippen LogP contribution in [0.1, 0.15) is 15.3 Å². The van der Waals surface area contributed by atoms with Gasteiger partial charge in [0.1, 0.15) is 0 Å². The summed E-state index contributed by atoms with van der Waals surface area (Å²) in [5, 5.41) is 26.8. The van der Waals surface area contributed by atoms with Gasteiger partial charge < -0.3 is 26.6 Å². The Morgan fingerprint density at radius 3 is 1.35 bits per heavy atom. The van der Waals surface area contributed by atoms with Gasteiger partial charge in [-0.05, 0) is 76.4 Å². The number of allylic oxidation sites excluding steroid dienone is 2. The van der Waals surface area contributed by atoms with Crippen LogP contribution in [0.2, 0.25) is 0 Å². The standard InChI is InChI=1S/C13H9NS.2C13H8NS.C5H8O2.CH2O3.2Ir.2K.H/c3*1-2-4-10(5-3-1)13-11-7-9-15-12(11)6-8-14-13;1-4(6)3-5(2)7;2-1-4-3;;;;;/h1-9H;2*1-4,6-9H;3,6H,1-2H3;1,3H;;;;;/q;2*-1;;;;;2*+1;-1/p-1. The first-order valence-electron chi connectivity index (χ1n) is 17.0. The second-order valence-electron chi connectivity index (χ2n) is 11.5. The Morgan fingerprint density at radius 1 is 0.633 bits per heavy atom. The molecule has 3 aromatic carbocycles. The quantitative estimate of drug-likeness (QED) is 0.0482. The summed E-state index contributed by atoms with van der Waals surface area (Å²) in [7, 11) is 0. The molecular formula is C45H35Ir2K2N3O5S3-2. The molecule has 6 aromatic heterocycles. The number of aromatic nitrogens is 3.